The van der Waals surface area contributed by atoms with E-state index in [1.54, 1.807) is 12.5 Å². The van der Waals surface area contributed by atoms with Gasteiger partial charge in [-0.1, -0.05) is 30.3 Å². The van der Waals surface area contributed by atoms with Gasteiger partial charge in [0.05, 0.1) is 12.5 Å². The van der Waals surface area contributed by atoms with E-state index in [0.717, 1.165) is 5.56 Å². The smallest absolute Gasteiger partial charge is 0.117 e. The van der Waals surface area contributed by atoms with Gasteiger partial charge >= 0.3 is 0 Å². The lowest BCUT2D eigenvalue weighted by Gasteiger charge is -1.92. The largest absolute Gasteiger partial charge is 0.472 e. The Morgan fingerprint density at radius 1 is 0.857 bits per heavy atom. The fourth-order valence-electron chi connectivity index (χ4n) is 1.70. The molecule has 0 bridgehead atoms. The number of hydrogen-bond acceptors (Lipinski definition) is 2. The lowest BCUT2D eigenvalue weighted by atomic mass is 10.1. The van der Waals surface area contributed by atoms with Crippen molar-refractivity contribution in [3.8, 4) is 0 Å². The van der Waals surface area contributed by atoms with Crippen molar-refractivity contribution in [3.05, 3.63) is 60.1 Å². The van der Waals surface area contributed by atoms with Gasteiger partial charge < -0.3 is 9.15 Å². The molecule has 2 atom stereocenters. The van der Waals surface area contributed by atoms with Crippen LogP contribution in [0.15, 0.2) is 53.3 Å². The van der Waals surface area contributed by atoms with E-state index in [1.807, 2.05) is 24.3 Å². The molecule has 0 amide bonds. The molecule has 0 saturated carbocycles. The maximum Gasteiger partial charge on any atom is 0.117 e. The van der Waals surface area contributed by atoms with Gasteiger partial charge in [-0.05, 0) is 11.6 Å². The van der Waals surface area contributed by atoms with E-state index < -0.39 is 0 Å². The van der Waals surface area contributed by atoms with E-state index in [4.69, 9.17) is 9.15 Å². The Morgan fingerprint density at radius 2 is 1.64 bits per heavy atom. The summed E-state index contributed by atoms with van der Waals surface area (Å²) in [6, 6.07) is 12.2. The predicted octanol–water partition coefficient (Wildman–Crippen LogP) is 3.09. The number of ether oxygens (including phenoxy) is 1. The summed E-state index contributed by atoms with van der Waals surface area (Å²) >= 11 is 0. The molecule has 1 aliphatic heterocycles. The van der Waals surface area contributed by atoms with Crippen LogP contribution < -0.4 is 0 Å². The summed E-state index contributed by atoms with van der Waals surface area (Å²) in [7, 11) is 0. The summed E-state index contributed by atoms with van der Waals surface area (Å²) in [4.78, 5) is 0. The molecule has 70 valence electrons. The highest BCUT2D eigenvalue weighted by atomic mass is 16.6. The van der Waals surface area contributed by atoms with Crippen molar-refractivity contribution in [2.24, 2.45) is 0 Å². The Balaban J connectivity index is 1.81. The van der Waals surface area contributed by atoms with Gasteiger partial charge in [-0.2, -0.15) is 0 Å². The Morgan fingerprint density at radius 3 is 2.36 bits per heavy atom. The summed E-state index contributed by atoms with van der Waals surface area (Å²) in [5, 5.41) is 0. The molecular formula is C12H10O2. The van der Waals surface area contributed by atoms with Crippen LogP contribution in [-0.2, 0) is 4.74 Å². The second-order valence-corrected chi connectivity index (χ2v) is 3.44. The lowest BCUT2D eigenvalue weighted by Crippen LogP contribution is -1.80. The summed E-state index contributed by atoms with van der Waals surface area (Å²) in [6.45, 7) is 0. The maximum absolute atomic E-state index is 5.59. The molecule has 1 fully saturated rings. The fourth-order valence-corrected chi connectivity index (χ4v) is 1.70. The van der Waals surface area contributed by atoms with Crippen molar-refractivity contribution >= 4 is 0 Å². The molecule has 1 aromatic carbocycles. The highest BCUT2D eigenvalue weighted by molar-refractivity contribution is 5.27. The average Bonchev–Trinajstić information content (AvgIpc) is 2.87. The molecule has 0 radical (unpaired) electrons. The average molecular weight is 186 g/mol. The van der Waals surface area contributed by atoms with Crippen LogP contribution in [0.1, 0.15) is 23.3 Å². The molecule has 0 N–H and O–H groups in total. The summed E-state index contributed by atoms with van der Waals surface area (Å²) in [5.41, 5.74) is 2.36. The van der Waals surface area contributed by atoms with Crippen molar-refractivity contribution in [1.29, 1.82) is 0 Å². The lowest BCUT2D eigenvalue weighted by molar-refractivity contribution is 0.376. The molecule has 0 unspecified atom stereocenters. The molecule has 1 saturated heterocycles. The quantitative estimate of drug-likeness (QED) is 0.673. The van der Waals surface area contributed by atoms with Gasteiger partial charge in [0, 0.05) is 5.56 Å². The Kier molecular flexibility index (Phi) is 1.67. The van der Waals surface area contributed by atoms with Crippen LogP contribution in [0.4, 0.5) is 0 Å². The SMILES string of the molecule is c1ccc([C@H]2O[C@@H]2c2ccoc2)cc1. The molecule has 2 heteroatoms. The van der Waals surface area contributed by atoms with Gasteiger partial charge in [0.1, 0.15) is 12.2 Å². The van der Waals surface area contributed by atoms with Crippen LogP contribution in [0.2, 0.25) is 0 Å². The van der Waals surface area contributed by atoms with E-state index >= 15 is 0 Å². The van der Waals surface area contributed by atoms with Crippen molar-refractivity contribution < 1.29 is 9.15 Å². The van der Waals surface area contributed by atoms with Gasteiger partial charge in [-0.3, -0.25) is 0 Å². The summed E-state index contributed by atoms with van der Waals surface area (Å²) in [6.07, 6.45) is 3.83. The third-order valence-corrected chi connectivity index (χ3v) is 2.49. The van der Waals surface area contributed by atoms with Crippen molar-refractivity contribution in [2.45, 2.75) is 12.2 Å². The number of rotatable bonds is 2. The van der Waals surface area contributed by atoms with Crippen LogP contribution >= 0.6 is 0 Å². The third-order valence-electron chi connectivity index (χ3n) is 2.49. The van der Waals surface area contributed by atoms with Crippen molar-refractivity contribution in [2.75, 3.05) is 0 Å². The van der Waals surface area contributed by atoms with E-state index in [-0.39, 0.29) is 12.2 Å². The monoisotopic (exact) mass is 186 g/mol. The first-order chi connectivity index (χ1) is 6.95. The summed E-state index contributed by atoms with van der Waals surface area (Å²) in [5.74, 6) is 0. The predicted molar refractivity (Wildman–Crippen MR) is 51.7 cm³/mol. The first kappa shape index (κ1) is 7.83. The Hall–Kier alpha value is -1.54. The zero-order valence-electron chi connectivity index (χ0n) is 7.59. The first-order valence-corrected chi connectivity index (χ1v) is 4.67. The van der Waals surface area contributed by atoms with Crippen LogP contribution in [0.5, 0.6) is 0 Å². The zero-order chi connectivity index (χ0) is 9.38. The fraction of sp³-hybridized carbons (Fsp3) is 0.167. The van der Waals surface area contributed by atoms with Crippen LogP contribution in [0.25, 0.3) is 0 Å². The molecule has 1 aliphatic rings. The van der Waals surface area contributed by atoms with E-state index in [9.17, 15) is 0 Å². The molecule has 2 heterocycles. The maximum atomic E-state index is 5.59. The number of epoxide rings is 1. The van der Waals surface area contributed by atoms with Crippen LogP contribution in [-0.4, -0.2) is 0 Å². The Bertz CT molecular complexity index is 405. The van der Waals surface area contributed by atoms with E-state index in [2.05, 4.69) is 12.1 Å². The molecule has 2 aromatic rings. The molecule has 3 rings (SSSR count). The minimum Gasteiger partial charge on any atom is -0.472 e. The summed E-state index contributed by atoms with van der Waals surface area (Å²) < 4.78 is 10.6. The molecule has 0 aliphatic carbocycles. The highest BCUT2D eigenvalue weighted by Gasteiger charge is 2.41. The molecule has 2 nitrogen and oxygen atoms in total. The minimum atomic E-state index is 0.191. The third kappa shape index (κ3) is 1.24. The number of furan rings is 1. The van der Waals surface area contributed by atoms with Gasteiger partial charge in [-0.15, -0.1) is 0 Å². The normalized spacial score (nSPS) is 24.9. The van der Waals surface area contributed by atoms with Gasteiger partial charge in [-0.25, -0.2) is 0 Å². The van der Waals surface area contributed by atoms with Crippen molar-refractivity contribution in [1.82, 2.24) is 0 Å². The molecule has 1 aromatic heterocycles. The number of hydrogen-bond donors (Lipinski definition) is 0. The molecular weight excluding hydrogens is 176 g/mol. The Labute approximate surface area is 82.1 Å². The molecule has 14 heavy (non-hydrogen) atoms. The van der Waals surface area contributed by atoms with Crippen LogP contribution in [0.3, 0.4) is 0 Å². The van der Waals surface area contributed by atoms with Crippen molar-refractivity contribution in [3.63, 3.8) is 0 Å². The number of benzene rings is 1. The standard InChI is InChI=1S/C12H10O2/c1-2-4-9(5-3-1)11-12(14-11)10-6-7-13-8-10/h1-8,11-12H/t11-,12-/m1/s1. The topological polar surface area (TPSA) is 25.7 Å². The second-order valence-electron chi connectivity index (χ2n) is 3.44. The first-order valence-electron chi connectivity index (χ1n) is 4.67. The van der Waals surface area contributed by atoms with E-state index in [1.165, 1.54) is 5.56 Å². The van der Waals surface area contributed by atoms with Crippen LogP contribution in [0, 0.1) is 0 Å². The van der Waals surface area contributed by atoms with Gasteiger partial charge in [0.2, 0.25) is 0 Å². The van der Waals surface area contributed by atoms with Gasteiger partial charge in [0.25, 0.3) is 0 Å². The van der Waals surface area contributed by atoms with Gasteiger partial charge in [0.15, 0.2) is 0 Å². The minimum absolute atomic E-state index is 0.191. The van der Waals surface area contributed by atoms with E-state index in [0.29, 0.717) is 0 Å². The zero-order valence-corrected chi connectivity index (χ0v) is 7.59. The second kappa shape index (κ2) is 3.00. The highest BCUT2D eigenvalue weighted by Crippen LogP contribution is 2.50. The molecule has 0 spiro atoms.